The molecule has 0 N–H and O–H groups in total. The Morgan fingerprint density at radius 1 is 0.750 bits per heavy atom. The van der Waals surface area contributed by atoms with E-state index in [1.54, 1.807) is 0 Å². The van der Waals surface area contributed by atoms with Crippen molar-refractivity contribution in [3.8, 4) is 0 Å². The van der Waals surface area contributed by atoms with Crippen LogP contribution in [-0.4, -0.2) is 5.78 Å². The highest BCUT2D eigenvalue weighted by molar-refractivity contribution is 9.08. The number of rotatable bonds is 4. The molecule has 152 valence electrons. The summed E-state index contributed by atoms with van der Waals surface area (Å²) in [5, 5.41) is -1.48. The van der Waals surface area contributed by atoms with Crippen LogP contribution in [0.2, 0.25) is 10.0 Å². The van der Waals surface area contributed by atoms with E-state index in [9.17, 15) is 31.1 Å². The van der Waals surface area contributed by atoms with Crippen molar-refractivity contribution >= 4 is 60.8 Å². The summed E-state index contributed by atoms with van der Waals surface area (Å²) in [5.41, 5.74) is -4.10. The predicted molar refractivity (Wildman–Crippen MR) is 102 cm³/mol. The first-order valence-electron chi connectivity index (χ1n) is 7.27. The zero-order valence-corrected chi connectivity index (χ0v) is 18.1. The van der Waals surface area contributed by atoms with Crippen molar-refractivity contribution in [2.45, 2.75) is 23.0 Å². The van der Waals surface area contributed by atoms with Crippen LogP contribution in [0.25, 0.3) is 0 Å². The number of alkyl halides is 8. The van der Waals surface area contributed by atoms with Gasteiger partial charge < -0.3 is 0 Å². The zero-order chi connectivity index (χ0) is 21.4. The second-order valence-electron chi connectivity index (χ2n) is 5.55. The van der Waals surface area contributed by atoms with Gasteiger partial charge in [-0.05, 0) is 35.4 Å². The molecule has 0 aliphatic carbocycles. The van der Waals surface area contributed by atoms with Crippen LogP contribution >= 0.6 is 55.1 Å². The summed E-state index contributed by atoms with van der Waals surface area (Å²) in [6.07, 6.45) is -9.63. The number of carbonyl (C=O) groups is 1. The van der Waals surface area contributed by atoms with Crippen LogP contribution in [0.5, 0.6) is 0 Å². The summed E-state index contributed by atoms with van der Waals surface area (Å²) in [4.78, 5) is 13.0. The van der Waals surface area contributed by atoms with E-state index < -0.39 is 51.5 Å². The molecule has 0 saturated heterocycles. The van der Waals surface area contributed by atoms with Crippen LogP contribution in [0.3, 0.4) is 0 Å². The van der Waals surface area contributed by atoms with Gasteiger partial charge in [0.25, 0.3) is 0 Å². The van der Waals surface area contributed by atoms with E-state index in [1.165, 1.54) is 0 Å². The number of halogens is 10. The van der Waals surface area contributed by atoms with E-state index in [-0.39, 0.29) is 20.7 Å². The Labute approximate surface area is 182 Å². The largest absolute Gasteiger partial charge is 0.416 e. The molecule has 2 aromatic carbocycles. The fraction of sp³-hybridized carbons (Fsp3) is 0.235. The fourth-order valence-electron chi connectivity index (χ4n) is 2.62. The summed E-state index contributed by atoms with van der Waals surface area (Å²) in [7, 11) is 0. The summed E-state index contributed by atoms with van der Waals surface area (Å²) >= 11 is 17.3. The molecular weight excluding hydrogens is 565 g/mol. The number of benzene rings is 2. The van der Waals surface area contributed by atoms with Crippen LogP contribution in [0.4, 0.5) is 26.3 Å². The Hall–Kier alpha value is -0.770. The highest BCUT2D eigenvalue weighted by atomic mass is 79.9. The second-order valence-corrected chi connectivity index (χ2v) is 7.55. The van der Waals surface area contributed by atoms with Crippen molar-refractivity contribution in [2.24, 2.45) is 0 Å². The minimum atomic E-state index is -4.81. The van der Waals surface area contributed by atoms with E-state index >= 15 is 0 Å². The van der Waals surface area contributed by atoms with Crippen LogP contribution in [-0.2, 0) is 23.0 Å². The van der Waals surface area contributed by atoms with Gasteiger partial charge in [-0.2, -0.15) is 26.3 Å². The molecule has 28 heavy (non-hydrogen) atoms. The maximum absolute atomic E-state index is 13.3. The average Bonchev–Trinajstić information content (AvgIpc) is 2.58. The molecule has 0 aliphatic rings. The lowest BCUT2D eigenvalue weighted by Gasteiger charge is -2.19. The standard InChI is InChI=1S/C17H8Br2Cl2F6O/c18-5-11-9(1-7(20)3-13(11)16(22,23)24)15(28)10-2-8(21)4-14(12(10)6-19)17(25,26)27/h1-4H,5-6H2. The van der Waals surface area contributed by atoms with Gasteiger partial charge in [0, 0.05) is 31.8 Å². The van der Waals surface area contributed by atoms with Crippen molar-refractivity contribution in [1.29, 1.82) is 0 Å². The zero-order valence-electron chi connectivity index (χ0n) is 13.4. The van der Waals surface area contributed by atoms with E-state index in [0.717, 1.165) is 12.1 Å². The topological polar surface area (TPSA) is 17.1 Å². The molecule has 0 unspecified atom stereocenters. The quantitative estimate of drug-likeness (QED) is 0.206. The van der Waals surface area contributed by atoms with Crippen molar-refractivity contribution in [2.75, 3.05) is 0 Å². The Morgan fingerprint density at radius 3 is 1.32 bits per heavy atom. The average molecular weight is 573 g/mol. The van der Waals surface area contributed by atoms with Gasteiger partial charge in [-0.15, -0.1) is 0 Å². The van der Waals surface area contributed by atoms with Gasteiger partial charge in [-0.3, -0.25) is 4.79 Å². The Morgan fingerprint density at radius 2 is 1.07 bits per heavy atom. The first-order valence-corrected chi connectivity index (χ1v) is 10.3. The maximum Gasteiger partial charge on any atom is 0.416 e. The normalized spacial score (nSPS) is 12.4. The highest BCUT2D eigenvalue weighted by Crippen LogP contribution is 2.40. The minimum Gasteiger partial charge on any atom is -0.289 e. The lowest BCUT2D eigenvalue weighted by molar-refractivity contribution is -0.138. The number of hydrogen-bond donors (Lipinski definition) is 0. The first-order chi connectivity index (χ1) is 12.8. The molecule has 0 radical (unpaired) electrons. The van der Waals surface area contributed by atoms with Gasteiger partial charge in [-0.1, -0.05) is 55.1 Å². The molecule has 0 atom stereocenters. The molecule has 0 heterocycles. The molecule has 11 heteroatoms. The van der Waals surface area contributed by atoms with Gasteiger partial charge in [0.15, 0.2) is 5.78 Å². The van der Waals surface area contributed by atoms with E-state index in [4.69, 9.17) is 23.2 Å². The number of carbonyl (C=O) groups excluding carboxylic acids is 1. The fourth-order valence-corrected chi connectivity index (χ4v) is 4.26. The molecule has 0 saturated carbocycles. The predicted octanol–water partition coefficient (Wildman–Crippen LogP) is 8.05. The first kappa shape index (κ1) is 23.5. The molecule has 2 aromatic rings. The van der Waals surface area contributed by atoms with E-state index in [0.29, 0.717) is 12.1 Å². The summed E-state index contributed by atoms with van der Waals surface area (Å²) < 4.78 is 79.9. The Balaban J connectivity index is 2.81. The molecule has 1 nitrogen and oxygen atoms in total. The summed E-state index contributed by atoms with van der Waals surface area (Å²) in [5.74, 6) is -1.05. The van der Waals surface area contributed by atoms with Crippen molar-refractivity contribution in [3.63, 3.8) is 0 Å². The Kier molecular flexibility index (Phi) is 7.17. The van der Waals surface area contributed by atoms with Crippen LogP contribution in [0.1, 0.15) is 38.2 Å². The minimum absolute atomic E-state index is 0.365. The second kappa shape index (κ2) is 8.53. The number of hydrogen-bond acceptors (Lipinski definition) is 1. The molecule has 0 bridgehead atoms. The third-order valence-electron chi connectivity index (χ3n) is 3.80. The summed E-state index contributed by atoms with van der Waals surface area (Å²) in [6, 6.07) is 3.28. The molecule has 0 aromatic heterocycles. The molecule has 0 amide bonds. The smallest absolute Gasteiger partial charge is 0.289 e. The van der Waals surface area contributed by atoms with Crippen LogP contribution in [0.15, 0.2) is 24.3 Å². The third kappa shape index (κ3) is 4.86. The van der Waals surface area contributed by atoms with Gasteiger partial charge in [-0.25, -0.2) is 0 Å². The highest BCUT2D eigenvalue weighted by Gasteiger charge is 2.38. The van der Waals surface area contributed by atoms with Gasteiger partial charge in [0.05, 0.1) is 11.1 Å². The van der Waals surface area contributed by atoms with Gasteiger partial charge in [0.2, 0.25) is 0 Å². The monoisotopic (exact) mass is 570 g/mol. The Bertz CT molecular complexity index is 852. The molecule has 0 aliphatic heterocycles. The van der Waals surface area contributed by atoms with Crippen molar-refractivity contribution in [3.05, 3.63) is 67.7 Å². The molecular formula is C17H8Br2Cl2F6O. The van der Waals surface area contributed by atoms with Gasteiger partial charge in [0.1, 0.15) is 0 Å². The van der Waals surface area contributed by atoms with Gasteiger partial charge >= 0.3 is 12.4 Å². The molecule has 0 spiro atoms. The van der Waals surface area contributed by atoms with E-state index in [2.05, 4.69) is 31.9 Å². The lowest BCUT2D eigenvalue weighted by Crippen LogP contribution is -2.17. The van der Waals surface area contributed by atoms with Crippen molar-refractivity contribution < 1.29 is 31.1 Å². The maximum atomic E-state index is 13.3. The van der Waals surface area contributed by atoms with Crippen LogP contribution in [0, 0.1) is 0 Å². The SMILES string of the molecule is O=C(c1cc(Cl)cc(C(F)(F)F)c1CBr)c1cc(Cl)cc(C(F)(F)F)c1CBr. The molecule has 2 rings (SSSR count). The van der Waals surface area contributed by atoms with E-state index in [1.807, 2.05) is 0 Å². The molecule has 0 fully saturated rings. The number of ketones is 1. The van der Waals surface area contributed by atoms with Crippen molar-refractivity contribution in [1.82, 2.24) is 0 Å². The third-order valence-corrected chi connectivity index (χ3v) is 5.35. The van der Waals surface area contributed by atoms with Crippen LogP contribution < -0.4 is 0 Å². The summed E-state index contributed by atoms with van der Waals surface area (Å²) in [6.45, 7) is 0. The lowest BCUT2D eigenvalue weighted by atomic mass is 9.91.